The van der Waals surface area contributed by atoms with Crippen LogP contribution in [0.5, 0.6) is 0 Å². The van der Waals surface area contributed by atoms with E-state index < -0.39 is 5.91 Å². The van der Waals surface area contributed by atoms with Gasteiger partial charge in [0.1, 0.15) is 11.8 Å². The Balaban J connectivity index is 2.43. The molecule has 0 bridgehead atoms. The normalized spacial score (nSPS) is 9.69. The topological polar surface area (TPSA) is 97.6 Å². The third-order valence-electron chi connectivity index (χ3n) is 1.99. The Labute approximate surface area is 90.9 Å². The first kappa shape index (κ1) is 9.86. The number of carbonyl (C=O) groups excluding carboxylic acids is 1. The lowest BCUT2D eigenvalue weighted by molar-refractivity contribution is 0.100. The number of pyridine rings is 1. The van der Waals surface area contributed by atoms with Crippen molar-refractivity contribution in [2.45, 2.75) is 0 Å². The van der Waals surface area contributed by atoms with Gasteiger partial charge in [0.25, 0.3) is 5.91 Å². The lowest BCUT2D eigenvalue weighted by Crippen LogP contribution is -2.09. The zero-order valence-electron chi connectivity index (χ0n) is 8.16. The molecule has 6 nitrogen and oxygen atoms in total. The summed E-state index contributed by atoms with van der Waals surface area (Å²) < 4.78 is 1.46. The van der Waals surface area contributed by atoms with Crippen molar-refractivity contribution < 1.29 is 4.79 Å². The van der Waals surface area contributed by atoms with E-state index in [-0.39, 0.29) is 5.69 Å². The van der Waals surface area contributed by atoms with E-state index in [0.717, 1.165) is 0 Å². The second-order valence-corrected chi connectivity index (χ2v) is 3.05. The zero-order valence-corrected chi connectivity index (χ0v) is 8.16. The average molecular weight is 213 g/mol. The van der Waals surface area contributed by atoms with Crippen LogP contribution in [0, 0.1) is 11.3 Å². The second-order valence-electron chi connectivity index (χ2n) is 3.05. The molecule has 0 aromatic carbocycles. The highest BCUT2D eigenvalue weighted by Crippen LogP contribution is 2.08. The highest BCUT2D eigenvalue weighted by Gasteiger charge is 2.05. The molecule has 0 aliphatic rings. The van der Waals surface area contributed by atoms with E-state index in [1.54, 1.807) is 12.1 Å². The molecule has 0 saturated heterocycles. The number of nitriles is 1. The quantitative estimate of drug-likeness (QED) is 0.772. The molecule has 0 saturated carbocycles. The van der Waals surface area contributed by atoms with Crippen molar-refractivity contribution in [1.29, 1.82) is 5.26 Å². The molecule has 0 unspecified atom stereocenters. The summed E-state index contributed by atoms with van der Waals surface area (Å²) in [5.41, 5.74) is 6.36. The summed E-state index contributed by atoms with van der Waals surface area (Å²) in [5.74, 6) is -0.541. The number of rotatable bonds is 2. The van der Waals surface area contributed by atoms with Gasteiger partial charge < -0.3 is 5.73 Å². The van der Waals surface area contributed by atoms with E-state index in [2.05, 4.69) is 10.1 Å². The van der Waals surface area contributed by atoms with Gasteiger partial charge in [0.2, 0.25) is 0 Å². The third-order valence-corrected chi connectivity index (χ3v) is 1.99. The SMILES string of the molecule is N#Cc1cc(-n2cc(C(N)=O)cn2)ccn1. The molecule has 0 spiro atoms. The Bertz CT molecular complexity index is 581. The van der Waals surface area contributed by atoms with E-state index in [0.29, 0.717) is 11.3 Å². The highest BCUT2D eigenvalue weighted by molar-refractivity contribution is 5.92. The van der Waals surface area contributed by atoms with Crippen LogP contribution in [-0.4, -0.2) is 20.7 Å². The van der Waals surface area contributed by atoms with Gasteiger partial charge in [-0.3, -0.25) is 4.79 Å². The van der Waals surface area contributed by atoms with Crippen molar-refractivity contribution in [3.05, 3.63) is 42.0 Å². The van der Waals surface area contributed by atoms with Crippen LogP contribution in [0.3, 0.4) is 0 Å². The fourth-order valence-corrected chi connectivity index (χ4v) is 1.21. The van der Waals surface area contributed by atoms with Crippen molar-refractivity contribution >= 4 is 5.91 Å². The van der Waals surface area contributed by atoms with Crippen molar-refractivity contribution in [3.8, 4) is 11.8 Å². The van der Waals surface area contributed by atoms with Gasteiger partial charge in [0.15, 0.2) is 0 Å². The van der Waals surface area contributed by atoms with Gasteiger partial charge in [0, 0.05) is 18.5 Å². The Morgan fingerprint density at radius 1 is 1.56 bits per heavy atom. The minimum absolute atomic E-state index is 0.286. The molecule has 6 heteroatoms. The predicted octanol–water partition coefficient (Wildman–Crippen LogP) is 0.238. The van der Waals surface area contributed by atoms with E-state index in [9.17, 15) is 4.79 Å². The van der Waals surface area contributed by atoms with Gasteiger partial charge in [-0.25, -0.2) is 9.67 Å². The molecular formula is C10H7N5O. The summed E-state index contributed by atoms with van der Waals surface area (Å²) in [6.07, 6.45) is 4.37. The second kappa shape index (κ2) is 3.82. The summed E-state index contributed by atoms with van der Waals surface area (Å²) in [6.45, 7) is 0. The van der Waals surface area contributed by atoms with E-state index >= 15 is 0 Å². The van der Waals surface area contributed by atoms with Crippen molar-refractivity contribution in [2.75, 3.05) is 0 Å². The lowest BCUT2D eigenvalue weighted by Gasteiger charge is -1.99. The van der Waals surface area contributed by atoms with E-state index in [4.69, 9.17) is 11.0 Å². The molecule has 2 N–H and O–H groups in total. The molecular weight excluding hydrogens is 206 g/mol. The van der Waals surface area contributed by atoms with Crippen LogP contribution in [0.25, 0.3) is 5.69 Å². The largest absolute Gasteiger partial charge is 0.366 e. The first-order valence-corrected chi connectivity index (χ1v) is 4.41. The first-order valence-electron chi connectivity index (χ1n) is 4.41. The number of carbonyl (C=O) groups is 1. The maximum Gasteiger partial charge on any atom is 0.251 e. The number of amides is 1. The zero-order chi connectivity index (χ0) is 11.5. The Morgan fingerprint density at radius 2 is 2.38 bits per heavy atom. The van der Waals surface area contributed by atoms with Crippen LogP contribution >= 0.6 is 0 Å². The minimum atomic E-state index is -0.541. The number of primary amides is 1. The highest BCUT2D eigenvalue weighted by atomic mass is 16.1. The number of hydrogen-bond donors (Lipinski definition) is 1. The fourth-order valence-electron chi connectivity index (χ4n) is 1.21. The standard InChI is InChI=1S/C10H7N5O/c11-4-8-3-9(1-2-13-8)15-6-7(5-14-15)10(12)16/h1-3,5-6H,(H2,12,16). The molecule has 78 valence electrons. The van der Waals surface area contributed by atoms with Gasteiger partial charge in [-0.1, -0.05) is 0 Å². The molecule has 2 rings (SSSR count). The van der Waals surface area contributed by atoms with Gasteiger partial charge >= 0.3 is 0 Å². The van der Waals surface area contributed by atoms with E-state index in [1.807, 2.05) is 6.07 Å². The van der Waals surface area contributed by atoms with Crippen molar-refractivity contribution in [2.24, 2.45) is 5.73 Å². The molecule has 2 aromatic rings. The van der Waals surface area contributed by atoms with Crippen LogP contribution < -0.4 is 5.73 Å². The maximum atomic E-state index is 10.9. The van der Waals surface area contributed by atoms with Crippen LogP contribution in [0.4, 0.5) is 0 Å². The summed E-state index contributed by atoms with van der Waals surface area (Å²) in [5, 5.41) is 12.6. The maximum absolute atomic E-state index is 10.9. The number of nitrogens with two attached hydrogens (primary N) is 1. The van der Waals surface area contributed by atoms with Crippen LogP contribution in [0.2, 0.25) is 0 Å². The monoisotopic (exact) mass is 213 g/mol. The molecule has 1 amide bonds. The molecule has 2 aromatic heterocycles. The smallest absolute Gasteiger partial charge is 0.251 e. The van der Waals surface area contributed by atoms with Crippen molar-refractivity contribution in [3.63, 3.8) is 0 Å². The van der Waals surface area contributed by atoms with Gasteiger partial charge in [0.05, 0.1) is 17.4 Å². The molecule has 16 heavy (non-hydrogen) atoms. The lowest BCUT2D eigenvalue weighted by atomic mass is 10.3. The van der Waals surface area contributed by atoms with Crippen LogP contribution in [0.15, 0.2) is 30.7 Å². The molecule has 0 aliphatic heterocycles. The number of aromatic nitrogens is 3. The summed E-state index contributed by atoms with van der Waals surface area (Å²) in [6, 6.07) is 5.17. The molecule has 0 atom stereocenters. The Kier molecular flexibility index (Phi) is 2.36. The predicted molar refractivity (Wildman–Crippen MR) is 54.6 cm³/mol. The molecule has 0 radical (unpaired) electrons. The number of hydrogen-bond acceptors (Lipinski definition) is 4. The molecule has 0 fully saturated rings. The van der Waals surface area contributed by atoms with Gasteiger partial charge in [-0.15, -0.1) is 0 Å². The third kappa shape index (κ3) is 1.74. The Morgan fingerprint density at radius 3 is 3.00 bits per heavy atom. The summed E-state index contributed by atoms with van der Waals surface area (Å²) >= 11 is 0. The number of nitrogens with zero attached hydrogens (tertiary/aromatic N) is 4. The average Bonchev–Trinajstić information content (AvgIpc) is 2.78. The fraction of sp³-hybridized carbons (Fsp3) is 0. The van der Waals surface area contributed by atoms with Crippen LogP contribution in [0.1, 0.15) is 16.1 Å². The Hall–Kier alpha value is -2.68. The first-order chi connectivity index (χ1) is 7.70. The molecule has 0 aliphatic carbocycles. The minimum Gasteiger partial charge on any atom is -0.366 e. The van der Waals surface area contributed by atoms with E-state index in [1.165, 1.54) is 23.3 Å². The van der Waals surface area contributed by atoms with Gasteiger partial charge in [-0.2, -0.15) is 10.4 Å². The van der Waals surface area contributed by atoms with Crippen LogP contribution in [-0.2, 0) is 0 Å². The van der Waals surface area contributed by atoms with Gasteiger partial charge in [-0.05, 0) is 6.07 Å². The summed E-state index contributed by atoms with van der Waals surface area (Å²) in [4.78, 5) is 14.7. The summed E-state index contributed by atoms with van der Waals surface area (Å²) in [7, 11) is 0. The van der Waals surface area contributed by atoms with Crippen molar-refractivity contribution in [1.82, 2.24) is 14.8 Å². The molecule has 2 heterocycles.